The Balaban J connectivity index is 1.90. The second-order valence-corrected chi connectivity index (χ2v) is 9.07. The van der Waals surface area contributed by atoms with Crippen LogP contribution in [0.4, 0.5) is 0 Å². The van der Waals surface area contributed by atoms with Crippen molar-refractivity contribution in [3.8, 4) is 0 Å². The first-order chi connectivity index (χ1) is 12.2. The van der Waals surface area contributed by atoms with Crippen molar-refractivity contribution in [2.24, 2.45) is 0 Å². The van der Waals surface area contributed by atoms with Crippen LogP contribution in [-0.2, 0) is 21.8 Å². The van der Waals surface area contributed by atoms with Gasteiger partial charge in [-0.2, -0.15) is 4.73 Å². The van der Waals surface area contributed by atoms with Gasteiger partial charge in [0.15, 0.2) is 6.20 Å². The molecule has 1 aromatic carbocycles. The van der Waals surface area contributed by atoms with E-state index < -0.39 is 9.84 Å². The lowest BCUT2D eigenvalue weighted by molar-refractivity contribution is -0.614. The summed E-state index contributed by atoms with van der Waals surface area (Å²) in [6.07, 6.45) is 2.12. The molecule has 1 aliphatic rings. The number of sulfone groups is 1. The quantitative estimate of drug-likeness (QED) is 0.552. The number of hydrogen-bond acceptors (Lipinski definition) is 5. The normalized spacial score (nSPS) is 16.6. The molecular weight excluding hydrogens is 352 g/mol. The molecule has 3 aromatic rings. The molecule has 0 unspecified atom stereocenters. The lowest BCUT2D eigenvalue weighted by Crippen LogP contribution is -2.41. The molecule has 0 aliphatic carbocycles. The Morgan fingerprint density at radius 2 is 2.04 bits per heavy atom. The summed E-state index contributed by atoms with van der Waals surface area (Å²) >= 11 is 0. The molecule has 2 aromatic heterocycles. The third-order valence-electron chi connectivity index (χ3n) is 5.03. The smallest absolute Gasteiger partial charge is 0.212 e. The van der Waals surface area contributed by atoms with Gasteiger partial charge in [-0.15, -0.1) is 0 Å². The van der Waals surface area contributed by atoms with E-state index in [1.54, 1.807) is 18.2 Å². The lowest BCUT2D eigenvalue weighted by atomic mass is 9.91. The topological polar surface area (TPSA) is 86.2 Å². The number of furan rings is 1. The van der Waals surface area contributed by atoms with Gasteiger partial charge in [-0.1, -0.05) is 0 Å². The molecule has 0 fully saturated rings. The van der Waals surface area contributed by atoms with Crippen molar-refractivity contribution in [1.29, 1.82) is 0 Å². The summed E-state index contributed by atoms with van der Waals surface area (Å²) < 4.78 is 32.6. The molecule has 7 heteroatoms. The van der Waals surface area contributed by atoms with Crippen molar-refractivity contribution < 1.29 is 17.6 Å². The van der Waals surface area contributed by atoms with Crippen LogP contribution in [0.5, 0.6) is 0 Å². The third kappa shape index (κ3) is 2.42. The monoisotopic (exact) mass is 372 g/mol. The fraction of sp³-hybridized carbons (Fsp3) is 0.316. The average Bonchev–Trinajstić information content (AvgIpc) is 2.96. The zero-order chi connectivity index (χ0) is 18.7. The van der Waals surface area contributed by atoms with Gasteiger partial charge < -0.3 is 14.9 Å². The average molecular weight is 372 g/mol. The molecule has 0 spiro atoms. The number of benzene rings is 1. The van der Waals surface area contributed by atoms with Crippen LogP contribution in [0.25, 0.3) is 11.0 Å². The van der Waals surface area contributed by atoms with Crippen molar-refractivity contribution in [2.45, 2.75) is 42.5 Å². The molecule has 3 heterocycles. The highest BCUT2D eigenvalue weighted by molar-refractivity contribution is 7.91. The fourth-order valence-electron chi connectivity index (χ4n) is 3.59. The van der Waals surface area contributed by atoms with Gasteiger partial charge in [0.1, 0.15) is 16.2 Å². The van der Waals surface area contributed by atoms with Crippen molar-refractivity contribution in [2.75, 3.05) is 6.54 Å². The first-order valence-electron chi connectivity index (χ1n) is 8.46. The Morgan fingerprint density at radius 1 is 1.27 bits per heavy atom. The van der Waals surface area contributed by atoms with E-state index in [9.17, 15) is 13.6 Å². The van der Waals surface area contributed by atoms with Crippen LogP contribution >= 0.6 is 0 Å². The van der Waals surface area contributed by atoms with Gasteiger partial charge in [0, 0.05) is 36.6 Å². The van der Waals surface area contributed by atoms with E-state index in [1.807, 2.05) is 13.8 Å². The Bertz CT molecular complexity index is 1130. The van der Waals surface area contributed by atoms with E-state index in [0.717, 1.165) is 29.7 Å². The van der Waals surface area contributed by atoms with E-state index >= 15 is 0 Å². The fourth-order valence-corrected chi connectivity index (χ4v) is 5.09. The van der Waals surface area contributed by atoms with Crippen LogP contribution in [0.15, 0.2) is 50.7 Å². The second kappa shape index (κ2) is 5.56. The summed E-state index contributed by atoms with van der Waals surface area (Å²) in [5.74, 6) is 0.849. The molecule has 0 radical (unpaired) electrons. The number of fused-ring (bicyclic) bond motifs is 3. The standard InChI is InChI=1S/C19H20N2O4S/c1-12-17(5-4-10-21(12)22)26(23,24)13-6-7-14-15-8-9-20-19(2,3)18(15)25-16(14)11-13/h4-7,10-11,20H,8-9H2,1-3H3. The molecule has 0 atom stereocenters. The summed E-state index contributed by atoms with van der Waals surface area (Å²) in [5, 5.41) is 16.1. The number of nitrogens with one attached hydrogen (secondary N) is 1. The molecule has 4 rings (SSSR count). The van der Waals surface area contributed by atoms with Gasteiger partial charge in [0.2, 0.25) is 15.5 Å². The third-order valence-corrected chi connectivity index (χ3v) is 6.92. The predicted octanol–water partition coefficient (Wildman–Crippen LogP) is 2.59. The van der Waals surface area contributed by atoms with Crippen molar-refractivity contribution in [1.82, 2.24) is 5.32 Å². The molecule has 0 bridgehead atoms. The molecular formula is C19H20N2O4S. The highest BCUT2D eigenvalue weighted by Gasteiger charge is 2.33. The largest absolute Gasteiger partial charge is 0.618 e. The molecule has 0 saturated carbocycles. The number of rotatable bonds is 2. The van der Waals surface area contributed by atoms with Gasteiger partial charge in [0.05, 0.1) is 10.4 Å². The lowest BCUT2D eigenvalue weighted by Gasteiger charge is -2.29. The van der Waals surface area contributed by atoms with Crippen LogP contribution in [-0.4, -0.2) is 15.0 Å². The summed E-state index contributed by atoms with van der Waals surface area (Å²) in [6, 6.07) is 7.83. The maximum absolute atomic E-state index is 13.0. The van der Waals surface area contributed by atoms with Crippen molar-refractivity contribution in [3.63, 3.8) is 0 Å². The minimum absolute atomic E-state index is 0.00710. The van der Waals surface area contributed by atoms with Gasteiger partial charge in [-0.25, -0.2) is 8.42 Å². The molecule has 0 amide bonds. The molecule has 26 heavy (non-hydrogen) atoms. The van der Waals surface area contributed by atoms with Crippen molar-refractivity contribution >= 4 is 20.8 Å². The number of aromatic nitrogens is 1. The molecule has 0 saturated heterocycles. The molecule has 1 N–H and O–H groups in total. The maximum atomic E-state index is 13.0. The Morgan fingerprint density at radius 3 is 2.81 bits per heavy atom. The van der Waals surface area contributed by atoms with Crippen LogP contribution in [0.2, 0.25) is 0 Å². The van der Waals surface area contributed by atoms with Gasteiger partial charge in [-0.3, -0.25) is 0 Å². The van der Waals surface area contributed by atoms with Crippen LogP contribution in [0, 0.1) is 12.1 Å². The minimum Gasteiger partial charge on any atom is -0.618 e. The zero-order valence-electron chi connectivity index (χ0n) is 14.9. The summed E-state index contributed by atoms with van der Waals surface area (Å²) in [6.45, 7) is 6.44. The number of nitrogens with zero attached hydrogens (tertiary/aromatic N) is 1. The highest BCUT2D eigenvalue weighted by Crippen LogP contribution is 2.37. The van der Waals surface area contributed by atoms with E-state index in [-0.39, 0.29) is 21.0 Å². The van der Waals surface area contributed by atoms with Crippen molar-refractivity contribution in [3.05, 3.63) is 58.8 Å². The van der Waals surface area contributed by atoms with Gasteiger partial charge >= 0.3 is 0 Å². The van der Waals surface area contributed by atoms with E-state index in [4.69, 9.17) is 4.42 Å². The Kier molecular flexibility index (Phi) is 3.65. The Labute approximate surface area is 152 Å². The van der Waals surface area contributed by atoms with Crippen LogP contribution < -0.4 is 10.0 Å². The van der Waals surface area contributed by atoms with Gasteiger partial charge in [-0.05, 0) is 38.5 Å². The second-order valence-electron chi connectivity index (χ2n) is 7.16. The summed E-state index contributed by atoms with van der Waals surface area (Å²) in [7, 11) is -3.81. The number of pyridine rings is 1. The number of hydrogen-bond donors (Lipinski definition) is 1. The molecule has 136 valence electrons. The van der Waals surface area contributed by atoms with Gasteiger partial charge in [0.25, 0.3) is 0 Å². The van der Waals surface area contributed by atoms with Crippen LogP contribution in [0.1, 0.15) is 30.9 Å². The maximum Gasteiger partial charge on any atom is 0.212 e. The first-order valence-corrected chi connectivity index (χ1v) is 9.95. The van der Waals surface area contributed by atoms with E-state index in [0.29, 0.717) is 10.3 Å². The summed E-state index contributed by atoms with van der Waals surface area (Å²) in [4.78, 5) is 0.129. The minimum atomic E-state index is -3.81. The summed E-state index contributed by atoms with van der Waals surface area (Å²) in [5.41, 5.74) is 1.53. The van der Waals surface area contributed by atoms with E-state index in [2.05, 4.69) is 5.32 Å². The van der Waals surface area contributed by atoms with E-state index in [1.165, 1.54) is 25.3 Å². The van der Waals surface area contributed by atoms with Crippen LogP contribution in [0.3, 0.4) is 0 Å². The predicted molar refractivity (Wildman–Crippen MR) is 96.5 cm³/mol. The zero-order valence-corrected chi connectivity index (χ0v) is 15.7. The molecule has 1 aliphatic heterocycles. The Hall–Kier alpha value is -2.38. The highest BCUT2D eigenvalue weighted by atomic mass is 32.2. The first kappa shape index (κ1) is 17.1. The SMILES string of the molecule is Cc1c(S(=O)(=O)c2ccc3c4c(oc3c2)C(C)(C)NCC4)ccc[n+]1[O-]. The molecule has 6 nitrogen and oxygen atoms in total.